The molecule has 7 nitrogen and oxygen atoms in total. The normalized spacial score (nSPS) is 10.1. The Morgan fingerprint density at radius 3 is 2.88 bits per heavy atom. The number of anilines is 1. The van der Waals surface area contributed by atoms with Crippen molar-refractivity contribution in [3.8, 4) is 5.88 Å². The van der Waals surface area contributed by atoms with E-state index in [2.05, 4.69) is 10.2 Å². The summed E-state index contributed by atoms with van der Waals surface area (Å²) in [6.45, 7) is 2.67. The first kappa shape index (κ1) is 12.3. The standard InChI is InChI=1S/C9H15N3O4/c1-3-15-9(13)6-7(10)11-12-8(6)16-5-4-14-2/h3-5H2,1-2H3,(H3,10,11,12). The Hall–Kier alpha value is -1.76. The molecule has 1 rings (SSSR count). The van der Waals surface area contributed by atoms with Gasteiger partial charge in [0.15, 0.2) is 11.4 Å². The molecule has 0 aliphatic carbocycles. The average molecular weight is 229 g/mol. The molecule has 1 heterocycles. The zero-order valence-electron chi connectivity index (χ0n) is 9.28. The van der Waals surface area contributed by atoms with Crippen LogP contribution < -0.4 is 10.5 Å². The van der Waals surface area contributed by atoms with E-state index in [4.69, 9.17) is 19.9 Å². The summed E-state index contributed by atoms with van der Waals surface area (Å²) >= 11 is 0. The highest BCUT2D eigenvalue weighted by Gasteiger charge is 2.21. The summed E-state index contributed by atoms with van der Waals surface area (Å²) in [4.78, 5) is 11.5. The first-order chi connectivity index (χ1) is 7.70. The van der Waals surface area contributed by atoms with Gasteiger partial charge in [-0.15, -0.1) is 0 Å². The van der Waals surface area contributed by atoms with Crippen LogP contribution in [0.15, 0.2) is 0 Å². The second-order valence-electron chi connectivity index (χ2n) is 2.87. The molecule has 0 aliphatic rings. The molecule has 1 aromatic rings. The number of methoxy groups -OCH3 is 1. The van der Waals surface area contributed by atoms with Gasteiger partial charge in [0.1, 0.15) is 6.61 Å². The number of nitrogens with two attached hydrogens (primary N) is 1. The lowest BCUT2D eigenvalue weighted by Gasteiger charge is -2.05. The van der Waals surface area contributed by atoms with Gasteiger partial charge in [-0.25, -0.2) is 9.89 Å². The molecule has 0 spiro atoms. The molecule has 90 valence electrons. The first-order valence-corrected chi connectivity index (χ1v) is 4.83. The van der Waals surface area contributed by atoms with E-state index >= 15 is 0 Å². The average Bonchev–Trinajstić information content (AvgIpc) is 2.61. The van der Waals surface area contributed by atoms with Gasteiger partial charge >= 0.3 is 5.97 Å². The maximum atomic E-state index is 11.5. The minimum atomic E-state index is -0.554. The first-order valence-electron chi connectivity index (χ1n) is 4.83. The highest BCUT2D eigenvalue weighted by Crippen LogP contribution is 2.21. The predicted molar refractivity (Wildman–Crippen MR) is 56.3 cm³/mol. The van der Waals surface area contributed by atoms with Crippen molar-refractivity contribution < 1.29 is 19.0 Å². The monoisotopic (exact) mass is 229 g/mol. The highest BCUT2D eigenvalue weighted by molar-refractivity contribution is 5.96. The molecule has 0 aromatic carbocycles. The minimum Gasteiger partial charge on any atom is -0.475 e. The SMILES string of the molecule is CCOC(=O)c1c(N)n[nH]c1OCCOC. The minimum absolute atomic E-state index is 0.0610. The molecule has 0 saturated heterocycles. The molecule has 0 bridgehead atoms. The number of esters is 1. The van der Waals surface area contributed by atoms with E-state index in [1.807, 2.05) is 0 Å². The van der Waals surface area contributed by atoms with Gasteiger partial charge in [0.2, 0.25) is 5.88 Å². The molecular weight excluding hydrogens is 214 g/mol. The zero-order chi connectivity index (χ0) is 12.0. The number of nitrogens with one attached hydrogen (secondary N) is 1. The third-order valence-corrected chi connectivity index (χ3v) is 1.77. The number of nitrogens with zero attached hydrogens (tertiary/aromatic N) is 1. The van der Waals surface area contributed by atoms with Crippen LogP contribution in [0.1, 0.15) is 17.3 Å². The summed E-state index contributed by atoms with van der Waals surface area (Å²) in [6, 6.07) is 0. The Kier molecular flexibility index (Phi) is 4.59. The summed E-state index contributed by atoms with van der Waals surface area (Å²) in [5, 5.41) is 6.20. The van der Waals surface area contributed by atoms with Crippen molar-refractivity contribution in [1.29, 1.82) is 0 Å². The lowest BCUT2D eigenvalue weighted by atomic mass is 10.3. The van der Waals surface area contributed by atoms with E-state index in [0.717, 1.165) is 0 Å². The number of carbonyl (C=O) groups excluding carboxylic acids is 1. The van der Waals surface area contributed by atoms with Crippen LogP contribution in [0.25, 0.3) is 0 Å². The van der Waals surface area contributed by atoms with Crippen molar-refractivity contribution >= 4 is 11.8 Å². The number of nitrogen functional groups attached to an aromatic ring is 1. The van der Waals surface area contributed by atoms with Gasteiger partial charge < -0.3 is 19.9 Å². The number of hydrogen-bond donors (Lipinski definition) is 2. The number of carbonyl (C=O) groups is 1. The summed E-state index contributed by atoms with van der Waals surface area (Å²) in [7, 11) is 1.55. The Morgan fingerprint density at radius 1 is 1.50 bits per heavy atom. The molecule has 0 atom stereocenters. The summed E-state index contributed by atoms with van der Waals surface area (Å²) in [5.74, 6) is -0.292. The maximum absolute atomic E-state index is 11.5. The fourth-order valence-corrected chi connectivity index (χ4v) is 1.07. The van der Waals surface area contributed by atoms with Crippen LogP contribution in [0.2, 0.25) is 0 Å². The van der Waals surface area contributed by atoms with Crippen molar-refractivity contribution in [3.05, 3.63) is 5.56 Å². The molecule has 0 radical (unpaired) electrons. The van der Waals surface area contributed by atoms with Crippen LogP contribution in [-0.2, 0) is 9.47 Å². The number of aromatic nitrogens is 2. The van der Waals surface area contributed by atoms with Crippen LogP contribution in [0.4, 0.5) is 5.82 Å². The maximum Gasteiger partial charge on any atom is 0.347 e. The second-order valence-corrected chi connectivity index (χ2v) is 2.87. The van der Waals surface area contributed by atoms with Gasteiger partial charge in [-0.1, -0.05) is 0 Å². The Balaban J connectivity index is 2.73. The molecule has 0 aliphatic heterocycles. The van der Waals surface area contributed by atoms with Crippen molar-refractivity contribution in [1.82, 2.24) is 10.2 Å². The Morgan fingerprint density at radius 2 is 2.25 bits per heavy atom. The molecule has 0 amide bonds. The number of H-pyrrole nitrogens is 1. The van der Waals surface area contributed by atoms with E-state index < -0.39 is 5.97 Å². The van der Waals surface area contributed by atoms with E-state index in [1.54, 1.807) is 14.0 Å². The molecule has 0 saturated carbocycles. The van der Waals surface area contributed by atoms with Gasteiger partial charge in [0.05, 0.1) is 13.2 Å². The largest absolute Gasteiger partial charge is 0.475 e. The third-order valence-electron chi connectivity index (χ3n) is 1.77. The second kappa shape index (κ2) is 5.96. The third kappa shape index (κ3) is 2.86. The van der Waals surface area contributed by atoms with Crippen LogP contribution in [0, 0.1) is 0 Å². The van der Waals surface area contributed by atoms with E-state index in [9.17, 15) is 4.79 Å². The lowest BCUT2D eigenvalue weighted by molar-refractivity contribution is 0.0521. The van der Waals surface area contributed by atoms with E-state index in [1.165, 1.54) is 0 Å². The van der Waals surface area contributed by atoms with Gasteiger partial charge in [-0.2, -0.15) is 5.10 Å². The van der Waals surface area contributed by atoms with Crippen LogP contribution in [0.5, 0.6) is 5.88 Å². The van der Waals surface area contributed by atoms with Gasteiger partial charge in [-0.05, 0) is 6.92 Å². The van der Waals surface area contributed by atoms with Crippen LogP contribution >= 0.6 is 0 Å². The summed E-state index contributed by atoms with van der Waals surface area (Å²) in [6.07, 6.45) is 0. The van der Waals surface area contributed by atoms with Gasteiger partial charge in [-0.3, -0.25) is 0 Å². The lowest BCUT2D eigenvalue weighted by Crippen LogP contribution is -2.11. The predicted octanol–water partition coefficient (Wildman–Crippen LogP) is 0.194. The summed E-state index contributed by atoms with van der Waals surface area (Å²) in [5.41, 5.74) is 5.65. The van der Waals surface area contributed by atoms with E-state index in [0.29, 0.717) is 13.2 Å². The van der Waals surface area contributed by atoms with Crippen LogP contribution in [0.3, 0.4) is 0 Å². The van der Waals surface area contributed by atoms with Crippen molar-refractivity contribution in [2.24, 2.45) is 0 Å². The number of ether oxygens (including phenoxy) is 3. The van der Waals surface area contributed by atoms with Gasteiger partial charge in [0, 0.05) is 7.11 Å². The smallest absolute Gasteiger partial charge is 0.347 e. The number of aromatic amines is 1. The van der Waals surface area contributed by atoms with Gasteiger partial charge in [0.25, 0.3) is 0 Å². The van der Waals surface area contributed by atoms with Crippen molar-refractivity contribution in [3.63, 3.8) is 0 Å². The number of rotatable bonds is 6. The zero-order valence-corrected chi connectivity index (χ0v) is 9.28. The van der Waals surface area contributed by atoms with Crippen molar-refractivity contribution in [2.45, 2.75) is 6.92 Å². The van der Waals surface area contributed by atoms with E-state index in [-0.39, 0.29) is 23.9 Å². The molecule has 16 heavy (non-hydrogen) atoms. The molecule has 7 heteroatoms. The molecular formula is C9H15N3O4. The molecule has 0 fully saturated rings. The quantitative estimate of drug-likeness (QED) is 0.533. The topological polar surface area (TPSA) is 99.5 Å². The fraction of sp³-hybridized carbons (Fsp3) is 0.556. The molecule has 0 unspecified atom stereocenters. The van der Waals surface area contributed by atoms with Crippen molar-refractivity contribution in [2.75, 3.05) is 32.7 Å². The van der Waals surface area contributed by atoms with Crippen LogP contribution in [-0.4, -0.2) is 43.1 Å². The summed E-state index contributed by atoms with van der Waals surface area (Å²) < 4.78 is 14.9. The highest BCUT2D eigenvalue weighted by atomic mass is 16.5. The molecule has 1 aromatic heterocycles. The Bertz CT molecular complexity index is 351. The Labute approximate surface area is 92.9 Å². The fourth-order valence-electron chi connectivity index (χ4n) is 1.07. The number of hydrogen-bond acceptors (Lipinski definition) is 6. The molecule has 3 N–H and O–H groups in total.